The van der Waals surface area contributed by atoms with E-state index in [9.17, 15) is 10.1 Å². The topological polar surface area (TPSA) is 68.1 Å². The molecule has 1 heterocycles. The molecule has 0 aromatic carbocycles. The van der Waals surface area contributed by atoms with Gasteiger partial charge in [0, 0.05) is 12.6 Å². The van der Waals surface area contributed by atoms with E-state index in [0.29, 0.717) is 5.82 Å². The highest BCUT2D eigenvalue weighted by molar-refractivity contribution is 5.39. The normalized spacial score (nSPS) is 14.8. The molecule has 5 nitrogen and oxygen atoms in total. The molecular formula is C11H15N3O2. The highest BCUT2D eigenvalue weighted by Gasteiger charge is 2.19. The fourth-order valence-electron chi connectivity index (χ4n) is 1.61. The van der Waals surface area contributed by atoms with Crippen molar-refractivity contribution in [3.8, 4) is 0 Å². The van der Waals surface area contributed by atoms with E-state index in [2.05, 4.69) is 10.3 Å². The lowest BCUT2D eigenvalue weighted by molar-refractivity contribution is -0.385. The summed E-state index contributed by atoms with van der Waals surface area (Å²) in [6.07, 6.45) is 6.47. The van der Waals surface area contributed by atoms with Crippen LogP contribution in [0.1, 0.15) is 25.7 Å². The van der Waals surface area contributed by atoms with Gasteiger partial charge in [0.2, 0.25) is 0 Å². The number of hydrogen-bond donors (Lipinski definition) is 1. The SMILES string of the molecule is O=[N+]([O-])c1ccc(NCCCC2CC2)nc1. The second-order valence-electron chi connectivity index (χ2n) is 4.17. The van der Waals surface area contributed by atoms with E-state index in [4.69, 9.17) is 0 Å². The quantitative estimate of drug-likeness (QED) is 0.455. The molecule has 0 aliphatic heterocycles. The van der Waals surface area contributed by atoms with Gasteiger partial charge in [-0.25, -0.2) is 4.98 Å². The molecule has 0 atom stereocenters. The zero-order valence-corrected chi connectivity index (χ0v) is 9.06. The van der Waals surface area contributed by atoms with Crippen LogP contribution in [0.3, 0.4) is 0 Å². The second-order valence-corrected chi connectivity index (χ2v) is 4.17. The minimum Gasteiger partial charge on any atom is -0.370 e. The van der Waals surface area contributed by atoms with E-state index < -0.39 is 4.92 Å². The first-order chi connectivity index (χ1) is 7.75. The summed E-state index contributed by atoms with van der Waals surface area (Å²) >= 11 is 0. The number of nitrogens with one attached hydrogen (secondary N) is 1. The lowest BCUT2D eigenvalue weighted by atomic mass is 10.2. The maximum atomic E-state index is 10.4. The molecule has 1 N–H and O–H groups in total. The molecule has 16 heavy (non-hydrogen) atoms. The Labute approximate surface area is 94.0 Å². The van der Waals surface area contributed by atoms with E-state index in [1.54, 1.807) is 6.07 Å². The molecule has 0 amide bonds. The fourth-order valence-corrected chi connectivity index (χ4v) is 1.61. The summed E-state index contributed by atoms with van der Waals surface area (Å²) in [5, 5.41) is 13.6. The lowest BCUT2D eigenvalue weighted by Crippen LogP contribution is -2.03. The molecule has 1 fully saturated rings. The van der Waals surface area contributed by atoms with E-state index in [1.165, 1.54) is 31.5 Å². The van der Waals surface area contributed by atoms with Gasteiger partial charge in [0.05, 0.1) is 4.92 Å². The van der Waals surface area contributed by atoms with Crippen LogP contribution in [-0.2, 0) is 0 Å². The van der Waals surface area contributed by atoms with Gasteiger partial charge in [0.1, 0.15) is 12.0 Å². The number of nitro groups is 1. The van der Waals surface area contributed by atoms with Gasteiger partial charge in [-0.05, 0) is 24.8 Å². The van der Waals surface area contributed by atoms with Crippen molar-refractivity contribution in [1.82, 2.24) is 4.98 Å². The summed E-state index contributed by atoms with van der Waals surface area (Å²) in [7, 11) is 0. The Morgan fingerprint density at radius 2 is 2.31 bits per heavy atom. The van der Waals surface area contributed by atoms with Crippen molar-refractivity contribution >= 4 is 11.5 Å². The van der Waals surface area contributed by atoms with Gasteiger partial charge in [-0.3, -0.25) is 10.1 Å². The fraction of sp³-hybridized carbons (Fsp3) is 0.545. The summed E-state index contributed by atoms with van der Waals surface area (Å²) < 4.78 is 0. The van der Waals surface area contributed by atoms with Gasteiger partial charge in [0.15, 0.2) is 0 Å². The van der Waals surface area contributed by atoms with Crippen LogP contribution in [0.2, 0.25) is 0 Å². The van der Waals surface area contributed by atoms with E-state index >= 15 is 0 Å². The van der Waals surface area contributed by atoms with Crippen molar-refractivity contribution in [2.45, 2.75) is 25.7 Å². The lowest BCUT2D eigenvalue weighted by Gasteiger charge is -2.04. The molecule has 1 aliphatic rings. The molecule has 1 aromatic heterocycles. The number of anilines is 1. The Hall–Kier alpha value is -1.65. The molecule has 0 spiro atoms. The first kappa shape index (κ1) is 10.9. The summed E-state index contributed by atoms with van der Waals surface area (Å²) in [4.78, 5) is 13.9. The number of hydrogen-bond acceptors (Lipinski definition) is 4. The summed E-state index contributed by atoms with van der Waals surface area (Å²) in [5.41, 5.74) is 0.0310. The third-order valence-corrected chi connectivity index (χ3v) is 2.75. The second kappa shape index (κ2) is 4.92. The molecule has 5 heteroatoms. The molecule has 86 valence electrons. The predicted molar refractivity (Wildman–Crippen MR) is 61.3 cm³/mol. The number of nitrogens with zero attached hydrogens (tertiary/aromatic N) is 2. The van der Waals surface area contributed by atoms with Crippen LogP contribution in [0.25, 0.3) is 0 Å². The molecule has 0 bridgehead atoms. The summed E-state index contributed by atoms with van der Waals surface area (Å²) in [6.45, 7) is 0.890. The third kappa shape index (κ3) is 3.18. The van der Waals surface area contributed by atoms with Gasteiger partial charge in [-0.2, -0.15) is 0 Å². The Kier molecular flexibility index (Phi) is 3.34. The molecule has 2 rings (SSSR count). The minimum atomic E-state index is -0.441. The summed E-state index contributed by atoms with van der Waals surface area (Å²) in [6, 6.07) is 3.12. The maximum absolute atomic E-state index is 10.4. The number of rotatable bonds is 6. The Bertz CT molecular complexity index is 360. The number of pyridine rings is 1. The highest BCUT2D eigenvalue weighted by atomic mass is 16.6. The van der Waals surface area contributed by atoms with Crippen LogP contribution < -0.4 is 5.32 Å². The molecule has 1 saturated carbocycles. The van der Waals surface area contributed by atoms with Crippen LogP contribution in [0, 0.1) is 16.0 Å². The average molecular weight is 221 g/mol. The first-order valence-electron chi connectivity index (χ1n) is 5.60. The van der Waals surface area contributed by atoms with Gasteiger partial charge >= 0.3 is 0 Å². The van der Waals surface area contributed by atoms with Crippen LogP contribution in [-0.4, -0.2) is 16.5 Å². The molecule has 0 unspecified atom stereocenters. The van der Waals surface area contributed by atoms with Crippen molar-refractivity contribution in [3.63, 3.8) is 0 Å². The minimum absolute atomic E-state index is 0.0310. The van der Waals surface area contributed by atoms with Crippen molar-refractivity contribution in [3.05, 3.63) is 28.4 Å². The van der Waals surface area contributed by atoms with Crippen LogP contribution in [0.4, 0.5) is 11.5 Å². The Morgan fingerprint density at radius 3 is 2.88 bits per heavy atom. The van der Waals surface area contributed by atoms with Gasteiger partial charge in [-0.15, -0.1) is 0 Å². The van der Waals surface area contributed by atoms with Gasteiger partial charge in [-0.1, -0.05) is 12.8 Å². The zero-order valence-electron chi connectivity index (χ0n) is 9.06. The summed E-state index contributed by atoms with van der Waals surface area (Å²) in [5.74, 6) is 1.66. The Morgan fingerprint density at radius 1 is 1.50 bits per heavy atom. The van der Waals surface area contributed by atoms with Crippen molar-refractivity contribution in [2.24, 2.45) is 5.92 Å². The van der Waals surface area contributed by atoms with Crippen LogP contribution >= 0.6 is 0 Å². The van der Waals surface area contributed by atoms with Gasteiger partial charge < -0.3 is 5.32 Å². The van der Waals surface area contributed by atoms with Crippen LogP contribution in [0.15, 0.2) is 18.3 Å². The molecule has 1 aliphatic carbocycles. The molecule has 1 aromatic rings. The van der Waals surface area contributed by atoms with Crippen molar-refractivity contribution in [2.75, 3.05) is 11.9 Å². The van der Waals surface area contributed by atoms with E-state index in [-0.39, 0.29) is 5.69 Å². The maximum Gasteiger partial charge on any atom is 0.287 e. The molecule has 0 saturated heterocycles. The van der Waals surface area contributed by atoms with Crippen LogP contribution in [0.5, 0.6) is 0 Å². The predicted octanol–water partition coefficient (Wildman–Crippen LogP) is 2.59. The largest absolute Gasteiger partial charge is 0.370 e. The van der Waals surface area contributed by atoms with Crippen molar-refractivity contribution < 1.29 is 4.92 Å². The smallest absolute Gasteiger partial charge is 0.287 e. The molecular weight excluding hydrogens is 206 g/mol. The number of aromatic nitrogens is 1. The monoisotopic (exact) mass is 221 g/mol. The Balaban J connectivity index is 1.73. The first-order valence-corrected chi connectivity index (χ1v) is 5.60. The van der Waals surface area contributed by atoms with E-state index in [0.717, 1.165) is 18.9 Å². The standard InChI is InChI=1S/C11H15N3O2/c15-14(16)10-5-6-11(13-8-10)12-7-1-2-9-3-4-9/h5-6,8-9H,1-4,7H2,(H,12,13). The van der Waals surface area contributed by atoms with Gasteiger partial charge in [0.25, 0.3) is 5.69 Å². The highest BCUT2D eigenvalue weighted by Crippen LogP contribution is 2.33. The van der Waals surface area contributed by atoms with E-state index in [1.807, 2.05) is 0 Å². The average Bonchev–Trinajstić information content (AvgIpc) is 3.09. The van der Waals surface area contributed by atoms with Crippen molar-refractivity contribution in [1.29, 1.82) is 0 Å². The third-order valence-electron chi connectivity index (χ3n) is 2.75. The zero-order chi connectivity index (χ0) is 11.4. The molecule has 0 radical (unpaired) electrons.